The van der Waals surface area contributed by atoms with Crippen molar-refractivity contribution in [2.24, 2.45) is 5.92 Å². The number of benzene rings is 1. The third kappa shape index (κ3) is 1.48. The van der Waals surface area contributed by atoms with Crippen molar-refractivity contribution in [3.05, 3.63) is 30.6 Å². The molecule has 82 valence electrons. The lowest BCUT2D eigenvalue weighted by molar-refractivity contribution is 0.930. The van der Waals surface area contributed by atoms with Gasteiger partial charge in [0.2, 0.25) is 0 Å². The van der Waals surface area contributed by atoms with Crippen LogP contribution in [0.5, 0.6) is 0 Å². The fourth-order valence-electron chi connectivity index (χ4n) is 2.04. The summed E-state index contributed by atoms with van der Waals surface area (Å²) in [5.41, 5.74) is 8.03. The second-order valence-corrected chi connectivity index (χ2v) is 4.59. The highest BCUT2D eigenvalue weighted by atomic mass is 15.0. The fourth-order valence-corrected chi connectivity index (χ4v) is 2.04. The van der Waals surface area contributed by atoms with Gasteiger partial charge in [0.25, 0.3) is 0 Å². The number of anilines is 2. The Morgan fingerprint density at radius 3 is 2.94 bits per heavy atom. The minimum atomic E-state index is 0.599. The Morgan fingerprint density at radius 2 is 2.19 bits per heavy atom. The summed E-state index contributed by atoms with van der Waals surface area (Å²) in [6.07, 6.45) is 4.87. The van der Waals surface area contributed by atoms with E-state index in [1.807, 2.05) is 18.3 Å². The van der Waals surface area contributed by atoms with Crippen molar-refractivity contribution >= 4 is 22.1 Å². The first-order valence-corrected chi connectivity index (χ1v) is 5.64. The average molecular weight is 213 g/mol. The lowest BCUT2D eigenvalue weighted by atomic mass is 10.1. The highest BCUT2D eigenvalue weighted by Gasteiger charge is 2.32. The summed E-state index contributed by atoms with van der Waals surface area (Å²) in [6.45, 7) is 2.25. The zero-order valence-electron chi connectivity index (χ0n) is 9.27. The number of rotatable bonds is 2. The molecule has 1 aromatic carbocycles. The number of nitrogens with zero attached hydrogens (tertiary/aromatic N) is 1. The van der Waals surface area contributed by atoms with E-state index in [9.17, 15) is 0 Å². The largest absolute Gasteiger partial charge is 0.397 e. The van der Waals surface area contributed by atoms with Crippen LogP contribution < -0.4 is 11.1 Å². The summed E-state index contributed by atoms with van der Waals surface area (Å²) < 4.78 is 0. The third-order valence-electron chi connectivity index (χ3n) is 3.31. The maximum absolute atomic E-state index is 6.15. The topological polar surface area (TPSA) is 50.9 Å². The van der Waals surface area contributed by atoms with E-state index in [1.54, 1.807) is 6.20 Å². The van der Waals surface area contributed by atoms with Crippen LogP contribution in [0.2, 0.25) is 0 Å². The quantitative estimate of drug-likeness (QED) is 0.754. The molecule has 1 aliphatic rings. The SMILES string of the molecule is CC1CC1Nc1ccc2cnccc2c1N. The van der Waals surface area contributed by atoms with Gasteiger partial charge in [0.15, 0.2) is 0 Å². The van der Waals surface area contributed by atoms with Crippen molar-refractivity contribution in [1.29, 1.82) is 0 Å². The Hall–Kier alpha value is -1.77. The van der Waals surface area contributed by atoms with Gasteiger partial charge >= 0.3 is 0 Å². The molecule has 3 heteroatoms. The molecule has 3 N–H and O–H groups in total. The average Bonchev–Trinajstić information content (AvgIpc) is 2.99. The summed E-state index contributed by atoms with van der Waals surface area (Å²) in [5.74, 6) is 0.771. The summed E-state index contributed by atoms with van der Waals surface area (Å²) in [7, 11) is 0. The Labute approximate surface area is 94.7 Å². The number of fused-ring (bicyclic) bond motifs is 1. The lowest BCUT2D eigenvalue weighted by Crippen LogP contribution is -2.06. The minimum absolute atomic E-state index is 0.599. The molecule has 0 spiro atoms. The van der Waals surface area contributed by atoms with Crippen LogP contribution in [0.3, 0.4) is 0 Å². The Bertz CT molecular complexity index is 536. The zero-order chi connectivity index (χ0) is 11.1. The van der Waals surface area contributed by atoms with Crippen LogP contribution in [-0.2, 0) is 0 Å². The molecule has 3 nitrogen and oxygen atoms in total. The smallest absolute Gasteiger partial charge is 0.0630 e. The minimum Gasteiger partial charge on any atom is -0.397 e. The van der Waals surface area contributed by atoms with Crippen molar-refractivity contribution < 1.29 is 0 Å². The molecule has 0 radical (unpaired) electrons. The second kappa shape index (κ2) is 3.37. The summed E-state index contributed by atoms with van der Waals surface area (Å²) >= 11 is 0. The predicted octanol–water partition coefficient (Wildman–Crippen LogP) is 2.64. The summed E-state index contributed by atoms with van der Waals surface area (Å²) in [6, 6.07) is 6.67. The molecule has 1 saturated carbocycles. The maximum Gasteiger partial charge on any atom is 0.0630 e. The predicted molar refractivity (Wildman–Crippen MR) is 67.3 cm³/mol. The molecule has 2 aromatic rings. The number of pyridine rings is 1. The molecule has 3 rings (SSSR count). The van der Waals surface area contributed by atoms with Crippen LogP contribution in [0, 0.1) is 5.92 Å². The van der Waals surface area contributed by atoms with E-state index >= 15 is 0 Å². The monoisotopic (exact) mass is 213 g/mol. The highest BCUT2D eigenvalue weighted by Crippen LogP contribution is 2.36. The normalized spacial score (nSPS) is 23.3. The van der Waals surface area contributed by atoms with Gasteiger partial charge in [-0.2, -0.15) is 0 Å². The van der Waals surface area contributed by atoms with Crippen LogP contribution >= 0.6 is 0 Å². The van der Waals surface area contributed by atoms with Crippen LogP contribution in [0.4, 0.5) is 11.4 Å². The van der Waals surface area contributed by atoms with Gasteiger partial charge in [-0.05, 0) is 24.5 Å². The van der Waals surface area contributed by atoms with Crippen molar-refractivity contribution in [3.63, 3.8) is 0 Å². The van der Waals surface area contributed by atoms with Gasteiger partial charge in [-0.3, -0.25) is 4.98 Å². The number of nitrogen functional groups attached to an aromatic ring is 1. The van der Waals surface area contributed by atoms with Gasteiger partial charge in [0, 0.05) is 29.2 Å². The van der Waals surface area contributed by atoms with Crippen molar-refractivity contribution in [2.45, 2.75) is 19.4 Å². The molecule has 2 atom stereocenters. The van der Waals surface area contributed by atoms with Crippen molar-refractivity contribution in [1.82, 2.24) is 4.98 Å². The van der Waals surface area contributed by atoms with Gasteiger partial charge in [0.1, 0.15) is 0 Å². The molecular formula is C13H15N3. The molecule has 1 aromatic heterocycles. The standard InChI is InChI=1S/C13H15N3/c1-8-6-12(8)16-11-3-2-9-7-15-5-4-10(9)13(11)14/h2-5,7-8,12,16H,6,14H2,1H3. The molecular weight excluding hydrogens is 198 g/mol. The summed E-state index contributed by atoms with van der Waals surface area (Å²) in [4.78, 5) is 4.09. The van der Waals surface area contributed by atoms with E-state index in [0.717, 1.165) is 28.1 Å². The van der Waals surface area contributed by atoms with Crippen LogP contribution in [0.1, 0.15) is 13.3 Å². The van der Waals surface area contributed by atoms with Gasteiger partial charge in [-0.15, -0.1) is 0 Å². The van der Waals surface area contributed by atoms with E-state index in [-0.39, 0.29) is 0 Å². The zero-order valence-corrected chi connectivity index (χ0v) is 9.27. The van der Waals surface area contributed by atoms with E-state index in [2.05, 4.69) is 23.3 Å². The molecule has 1 fully saturated rings. The highest BCUT2D eigenvalue weighted by molar-refractivity contribution is 5.98. The number of hydrogen-bond donors (Lipinski definition) is 2. The molecule has 2 unspecified atom stereocenters. The molecule has 1 heterocycles. The van der Waals surface area contributed by atoms with E-state index < -0.39 is 0 Å². The number of aromatic nitrogens is 1. The van der Waals surface area contributed by atoms with Gasteiger partial charge < -0.3 is 11.1 Å². The molecule has 16 heavy (non-hydrogen) atoms. The first kappa shape index (κ1) is 9.46. The van der Waals surface area contributed by atoms with Crippen molar-refractivity contribution in [3.8, 4) is 0 Å². The van der Waals surface area contributed by atoms with E-state index in [1.165, 1.54) is 6.42 Å². The first-order valence-electron chi connectivity index (χ1n) is 5.64. The van der Waals surface area contributed by atoms with Crippen LogP contribution in [0.15, 0.2) is 30.6 Å². The Balaban J connectivity index is 2.02. The Kier molecular flexibility index (Phi) is 1.99. The molecule has 0 aliphatic heterocycles. The molecule has 0 amide bonds. The second-order valence-electron chi connectivity index (χ2n) is 4.59. The number of nitrogens with one attached hydrogen (secondary N) is 1. The molecule has 0 saturated heterocycles. The molecule has 0 bridgehead atoms. The van der Waals surface area contributed by atoms with E-state index in [4.69, 9.17) is 5.73 Å². The third-order valence-corrected chi connectivity index (χ3v) is 3.31. The van der Waals surface area contributed by atoms with Gasteiger partial charge in [-0.25, -0.2) is 0 Å². The number of hydrogen-bond acceptors (Lipinski definition) is 3. The lowest BCUT2D eigenvalue weighted by Gasteiger charge is -2.10. The van der Waals surface area contributed by atoms with Gasteiger partial charge in [0.05, 0.1) is 11.4 Å². The molecule has 1 aliphatic carbocycles. The maximum atomic E-state index is 6.15. The van der Waals surface area contributed by atoms with E-state index in [0.29, 0.717) is 6.04 Å². The van der Waals surface area contributed by atoms with Crippen molar-refractivity contribution in [2.75, 3.05) is 11.1 Å². The first-order chi connectivity index (χ1) is 7.75. The van der Waals surface area contributed by atoms with Gasteiger partial charge in [-0.1, -0.05) is 13.0 Å². The number of nitrogens with two attached hydrogens (primary N) is 1. The van der Waals surface area contributed by atoms with Crippen LogP contribution in [0.25, 0.3) is 10.8 Å². The fraction of sp³-hybridized carbons (Fsp3) is 0.308. The summed E-state index contributed by atoms with van der Waals surface area (Å²) in [5, 5.41) is 5.65. The Morgan fingerprint density at radius 1 is 1.38 bits per heavy atom. The van der Waals surface area contributed by atoms with Crippen LogP contribution in [-0.4, -0.2) is 11.0 Å².